The van der Waals surface area contributed by atoms with Crippen LogP contribution in [0.4, 0.5) is 69.1 Å². The molecule has 1 aromatic rings. The second-order valence-corrected chi connectivity index (χ2v) is 5.01. The standard InChI is InChI=1S/C9H16N2.4BF4/c1-4-5-6-9-7-10-8(2)11(9)3;4*2-1(3,4)5/h7H,4-6H2,1-3H3;;;;/q;4*-1/p+1. The number of hydrogen-bond acceptors (Lipinski definition) is 0. The minimum Gasteiger partial charge on any atom is -0.418 e. The molecule has 0 aromatic carbocycles. The summed E-state index contributed by atoms with van der Waals surface area (Å²) >= 11 is 0. The number of unbranched alkanes of at least 4 members (excludes halogenated alkanes) is 1. The van der Waals surface area contributed by atoms with E-state index in [1.165, 1.54) is 30.8 Å². The van der Waals surface area contributed by atoms with Gasteiger partial charge in [0.15, 0.2) is 0 Å². The predicted molar refractivity (Wildman–Crippen MR) is 86.1 cm³/mol. The summed E-state index contributed by atoms with van der Waals surface area (Å²) in [6.07, 6.45) is 5.84. The molecular formula is C9H17B4F16N2-3. The summed E-state index contributed by atoms with van der Waals surface area (Å²) in [4.78, 5) is 3.21. The lowest BCUT2D eigenvalue weighted by Crippen LogP contribution is -2.33. The first-order valence-corrected chi connectivity index (χ1v) is 7.77. The van der Waals surface area contributed by atoms with E-state index in [0.717, 1.165) is 0 Å². The van der Waals surface area contributed by atoms with Gasteiger partial charge in [-0.2, -0.15) is 0 Å². The zero-order valence-electron chi connectivity index (χ0n) is 16.0. The summed E-state index contributed by atoms with van der Waals surface area (Å²) in [7, 11) is -21.9. The van der Waals surface area contributed by atoms with Crippen LogP contribution in [0, 0.1) is 6.92 Å². The molecule has 0 aliphatic carbocycles. The Hall–Kier alpha value is -1.65. The third-order valence-corrected chi connectivity index (χ3v) is 2.17. The van der Waals surface area contributed by atoms with E-state index >= 15 is 0 Å². The monoisotopic (exact) mass is 501 g/mol. The summed E-state index contributed by atoms with van der Waals surface area (Å²) in [5, 5.41) is 0. The Bertz CT molecular complexity index is 477. The van der Waals surface area contributed by atoms with Gasteiger partial charge in [0.2, 0.25) is 0 Å². The Kier molecular flexibility index (Phi) is 19.0. The molecule has 31 heavy (non-hydrogen) atoms. The van der Waals surface area contributed by atoms with Gasteiger partial charge in [-0.25, -0.2) is 9.55 Å². The number of rotatable bonds is 3. The Morgan fingerprint density at radius 3 is 1.10 bits per heavy atom. The molecule has 1 N–H and O–H groups in total. The van der Waals surface area contributed by atoms with Crippen molar-refractivity contribution >= 4 is 29.0 Å². The lowest BCUT2D eigenvalue weighted by Gasteiger charge is -1.94. The average molecular weight is 500 g/mol. The molecule has 0 saturated heterocycles. The molecule has 0 atom stereocenters. The fraction of sp³-hybridized carbons (Fsp3) is 0.667. The Morgan fingerprint density at radius 1 is 0.677 bits per heavy atom. The van der Waals surface area contributed by atoms with Gasteiger partial charge in [0.05, 0.1) is 7.05 Å². The van der Waals surface area contributed by atoms with E-state index < -0.39 is 29.0 Å². The highest BCUT2D eigenvalue weighted by Gasteiger charge is 2.21. The van der Waals surface area contributed by atoms with Crippen molar-refractivity contribution in [2.24, 2.45) is 7.05 Å². The van der Waals surface area contributed by atoms with Gasteiger partial charge in [0, 0.05) is 13.3 Å². The van der Waals surface area contributed by atoms with Crippen LogP contribution >= 0.6 is 0 Å². The molecule has 190 valence electrons. The summed E-state index contributed by atoms with van der Waals surface area (Å²) in [5.41, 5.74) is 1.41. The van der Waals surface area contributed by atoms with Crippen molar-refractivity contribution in [1.82, 2.24) is 4.98 Å². The van der Waals surface area contributed by atoms with E-state index in [1.54, 1.807) is 0 Å². The van der Waals surface area contributed by atoms with Crippen LogP contribution in [0.15, 0.2) is 6.20 Å². The minimum absolute atomic E-state index is 1.19. The number of halogens is 16. The molecule has 0 spiro atoms. The zero-order valence-corrected chi connectivity index (χ0v) is 16.0. The Morgan fingerprint density at radius 2 is 0.935 bits per heavy atom. The van der Waals surface area contributed by atoms with Gasteiger partial charge in [-0.3, -0.25) is 0 Å². The van der Waals surface area contributed by atoms with Gasteiger partial charge in [0.25, 0.3) is 5.82 Å². The van der Waals surface area contributed by atoms with Crippen molar-refractivity contribution in [2.75, 3.05) is 0 Å². The van der Waals surface area contributed by atoms with E-state index in [-0.39, 0.29) is 0 Å². The normalized spacial score (nSPS) is 11.5. The molecule has 0 radical (unpaired) electrons. The van der Waals surface area contributed by atoms with Gasteiger partial charge in [-0.1, -0.05) is 13.3 Å². The molecule has 2 nitrogen and oxygen atoms in total. The summed E-state index contributed by atoms with van der Waals surface area (Å²) in [5.74, 6) is 1.23. The Balaban J connectivity index is -0.000000157. The molecule has 1 heterocycles. The average Bonchev–Trinajstić information content (AvgIpc) is 2.69. The number of aromatic amines is 1. The van der Waals surface area contributed by atoms with Crippen LogP contribution in [0.2, 0.25) is 0 Å². The van der Waals surface area contributed by atoms with Gasteiger partial charge < -0.3 is 69.1 Å². The molecule has 0 unspecified atom stereocenters. The van der Waals surface area contributed by atoms with Gasteiger partial charge in [-0.15, -0.1) is 0 Å². The van der Waals surface area contributed by atoms with Crippen LogP contribution in [0.25, 0.3) is 0 Å². The van der Waals surface area contributed by atoms with E-state index in [9.17, 15) is 69.1 Å². The van der Waals surface area contributed by atoms with E-state index in [2.05, 4.69) is 36.6 Å². The highest BCUT2D eigenvalue weighted by atomic mass is 19.5. The van der Waals surface area contributed by atoms with E-state index in [0.29, 0.717) is 0 Å². The van der Waals surface area contributed by atoms with Crippen molar-refractivity contribution in [2.45, 2.75) is 33.1 Å². The van der Waals surface area contributed by atoms with Crippen LogP contribution in [0.1, 0.15) is 31.3 Å². The number of H-pyrrole nitrogens is 1. The number of nitrogens with zero attached hydrogens (tertiary/aromatic N) is 1. The lowest BCUT2D eigenvalue weighted by atomic mass is 10.2. The molecule has 0 saturated carbocycles. The maximum Gasteiger partial charge on any atom is 0.673 e. The molecule has 0 bridgehead atoms. The van der Waals surface area contributed by atoms with E-state index in [1.807, 2.05) is 0 Å². The predicted octanol–water partition coefficient (Wildman–Crippen LogP) is 6.69. The third-order valence-electron chi connectivity index (χ3n) is 2.17. The van der Waals surface area contributed by atoms with Crippen molar-refractivity contribution in [3.05, 3.63) is 17.7 Å². The van der Waals surface area contributed by atoms with E-state index in [4.69, 9.17) is 0 Å². The summed E-state index contributed by atoms with van der Waals surface area (Å²) < 4.78 is 158. The molecule has 0 fully saturated rings. The molecule has 1 aromatic heterocycles. The summed E-state index contributed by atoms with van der Waals surface area (Å²) in [6, 6.07) is 0. The highest BCUT2D eigenvalue weighted by molar-refractivity contribution is 6.50. The van der Waals surface area contributed by atoms with Gasteiger partial charge >= 0.3 is 29.0 Å². The molecular weight excluding hydrogens is 483 g/mol. The topological polar surface area (TPSA) is 19.7 Å². The maximum absolute atomic E-state index is 9.75. The fourth-order valence-electron chi connectivity index (χ4n) is 1.19. The van der Waals surface area contributed by atoms with Crippen molar-refractivity contribution in [1.29, 1.82) is 0 Å². The van der Waals surface area contributed by atoms with Crippen LogP contribution < -0.4 is 4.57 Å². The zero-order chi connectivity index (χ0) is 26.3. The first-order valence-electron chi connectivity index (χ1n) is 7.77. The first-order chi connectivity index (χ1) is 13.3. The van der Waals surface area contributed by atoms with Crippen molar-refractivity contribution < 1.29 is 73.6 Å². The molecule has 0 aliphatic rings. The summed E-state index contributed by atoms with van der Waals surface area (Å²) in [6.45, 7) is 4.31. The first kappa shape index (κ1) is 36.7. The van der Waals surface area contributed by atoms with Crippen LogP contribution in [-0.4, -0.2) is 34.0 Å². The molecule has 0 aliphatic heterocycles. The Labute approximate surface area is 166 Å². The van der Waals surface area contributed by atoms with Gasteiger partial charge in [-0.05, 0) is 6.42 Å². The number of imidazole rings is 1. The number of aryl methyl sites for hydroxylation is 2. The number of aromatic nitrogens is 2. The highest BCUT2D eigenvalue weighted by Crippen LogP contribution is 2.08. The fourth-order valence-corrected chi connectivity index (χ4v) is 1.19. The van der Waals surface area contributed by atoms with Crippen LogP contribution in [-0.2, 0) is 13.5 Å². The SMILES string of the molecule is CCCCc1c[nH]c(C)[n+]1C.F[B-](F)(F)F.F[B-](F)(F)F.F[B-](F)(F)F.F[B-](F)(F)F. The largest absolute Gasteiger partial charge is 0.673 e. The number of hydrogen-bond donors (Lipinski definition) is 1. The third kappa shape index (κ3) is 83.5. The van der Waals surface area contributed by atoms with Crippen molar-refractivity contribution in [3.8, 4) is 0 Å². The van der Waals surface area contributed by atoms with Crippen LogP contribution in [0.5, 0.6) is 0 Å². The minimum atomic E-state index is -6.00. The van der Waals surface area contributed by atoms with Crippen molar-refractivity contribution in [3.63, 3.8) is 0 Å². The lowest BCUT2D eigenvalue weighted by molar-refractivity contribution is -0.683. The molecule has 22 heteroatoms. The molecule has 0 amide bonds. The van der Waals surface area contributed by atoms with Crippen LogP contribution in [0.3, 0.4) is 0 Å². The second kappa shape index (κ2) is 16.0. The van der Waals surface area contributed by atoms with Gasteiger partial charge in [0.1, 0.15) is 11.9 Å². The second-order valence-electron chi connectivity index (χ2n) is 5.01. The smallest absolute Gasteiger partial charge is 0.418 e. The quantitative estimate of drug-likeness (QED) is 0.271. The number of nitrogens with one attached hydrogen (secondary N) is 1. The molecule has 1 rings (SSSR count). The maximum atomic E-state index is 9.75.